The van der Waals surface area contributed by atoms with Crippen LogP contribution in [-0.2, 0) is 0 Å². The molecule has 68 heavy (non-hydrogen) atoms. The van der Waals surface area contributed by atoms with Gasteiger partial charge in [-0.3, -0.25) is 0 Å². The van der Waals surface area contributed by atoms with Crippen LogP contribution in [0.1, 0.15) is 0 Å². The van der Waals surface area contributed by atoms with Gasteiger partial charge in [-0.15, -0.1) is 0 Å². The fourth-order valence-corrected chi connectivity index (χ4v) is 9.95. The highest BCUT2D eigenvalue weighted by atomic mass is 15.0. The monoisotopic (exact) mass is 867 g/mol. The second-order valence-electron chi connectivity index (χ2n) is 17.2. The number of nitrogens with zero attached hydrogens (tertiary/aromatic N) is 5. The quantitative estimate of drug-likeness (QED) is 0.153. The highest BCUT2D eigenvalue weighted by molar-refractivity contribution is 6.11. The molecule has 0 aliphatic rings. The molecule has 3 heterocycles. The van der Waals surface area contributed by atoms with Crippen LogP contribution in [0.3, 0.4) is 0 Å². The minimum Gasteiger partial charge on any atom is -0.309 e. The Morgan fingerprint density at radius 1 is 0.235 bits per heavy atom. The minimum absolute atomic E-state index is 0.608. The highest BCUT2D eigenvalue weighted by Crippen LogP contribution is 2.40. The minimum atomic E-state index is 0.608. The summed E-state index contributed by atoms with van der Waals surface area (Å²) in [4.78, 5) is 15.5. The molecule has 13 aromatic rings. The van der Waals surface area contributed by atoms with Gasteiger partial charge in [0.25, 0.3) is 0 Å². The normalized spacial score (nSPS) is 11.5. The van der Waals surface area contributed by atoms with E-state index in [2.05, 4.69) is 240 Å². The first-order valence-corrected chi connectivity index (χ1v) is 23.0. The van der Waals surface area contributed by atoms with Crippen molar-refractivity contribution in [3.63, 3.8) is 0 Å². The van der Waals surface area contributed by atoms with Crippen molar-refractivity contribution in [1.29, 1.82) is 0 Å². The van der Waals surface area contributed by atoms with E-state index in [-0.39, 0.29) is 0 Å². The van der Waals surface area contributed by atoms with Crippen LogP contribution in [0.4, 0.5) is 0 Å². The number of hydrogen-bond donors (Lipinski definition) is 0. The van der Waals surface area contributed by atoms with Crippen molar-refractivity contribution < 1.29 is 0 Å². The smallest absolute Gasteiger partial charge is 0.164 e. The van der Waals surface area contributed by atoms with Gasteiger partial charge in [-0.25, -0.2) is 15.0 Å². The first-order valence-electron chi connectivity index (χ1n) is 23.0. The van der Waals surface area contributed by atoms with E-state index >= 15 is 0 Å². The molecule has 0 amide bonds. The number of aromatic nitrogens is 5. The molecule has 5 nitrogen and oxygen atoms in total. The van der Waals surface area contributed by atoms with Crippen molar-refractivity contribution in [2.45, 2.75) is 0 Å². The van der Waals surface area contributed by atoms with Crippen molar-refractivity contribution in [2.75, 3.05) is 0 Å². The van der Waals surface area contributed by atoms with E-state index < -0.39 is 0 Å². The maximum atomic E-state index is 5.24. The fraction of sp³-hybridized carbons (Fsp3) is 0. The second-order valence-corrected chi connectivity index (χ2v) is 17.2. The molecule has 0 aliphatic heterocycles. The zero-order valence-corrected chi connectivity index (χ0v) is 36.9. The van der Waals surface area contributed by atoms with Gasteiger partial charge in [-0.1, -0.05) is 194 Å². The Hall–Kier alpha value is -9.19. The van der Waals surface area contributed by atoms with Gasteiger partial charge >= 0.3 is 0 Å². The SMILES string of the molecule is c1ccc(-c2ccc(-n3c4ccccc4c4ccccc43)c(-c3ccc(-c4nc(-c5ccccc5)nc(-c5cccc(-n6c7ccccc7c7cc(-c8ccccc8)ccc76)c5)n4)cc3)c2)cc1. The highest BCUT2D eigenvalue weighted by Gasteiger charge is 2.19. The van der Waals surface area contributed by atoms with Gasteiger partial charge in [0.1, 0.15) is 0 Å². The van der Waals surface area contributed by atoms with Crippen molar-refractivity contribution in [2.24, 2.45) is 0 Å². The van der Waals surface area contributed by atoms with Crippen LogP contribution in [0.25, 0.3) is 123 Å². The van der Waals surface area contributed by atoms with E-state index in [0.29, 0.717) is 17.5 Å². The van der Waals surface area contributed by atoms with Gasteiger partial charge in [0, 0.05) is 49.5 Å². The first-order chi connectivity index (χ1) is 33.7. The van der Waals surface area contributed by atoms with Crippen LogP contribution >= 0.6 is 0 Å². The molecule has 0 unspecified atom stereocenters. The molecule has 0 N–H and O–H groups in total. The zero-order valence-electron chi connectivity index (χ0n) is 36.9. The Morgan fingerprint density at radius 3 is 1.25 bits per heavy atom. The Balaban J connectivity index is 0.936. The van der Waals surface area contributed by atoms with E-state index in [1.807, 2.05) is 18.2 Å². The lowest BCUT2D eigenvalue weighted by molar-refractivity contribution is 1.07. The number of para-hydroxylation sites is 3. The molecule has 0 atom stereocenters. The molecule has 0 bridgehead atoms. The summed E-state index contributed by atoms with van der Waals surface area (Å²) in [5.41, 5.74) is 16.4. The number of benzene rings is 10. The van der Waals surface area contributed by atoms with Crippen LogP contribution in [0.5, 0.6) is 0 Å². The Bertz CT molecular complexity index is 3950. The lowest BCUT2D eigenvalue weighted by Crippen LogP contribution is -2.01. The molecule has 10 aromatic carbocycles. The second kappa shape index (κ2) is 16.4. The maximum Gasteiger partial charge on any atom is 0.164 e. The number of fused-ring (bicyclic) bond motifs is 6. The predicted molar refractivity (Wildman–Crippen MR) is 281 cm³/mol. The Kier molecular flexibility index (Phi) is 9.43. The molecule has 0 saturated heterocycles. The van der Waals surface area contributed by atoms with Crippen molar-refractivity contribution in [3.8, 4) is 78.9 Å². The van der Waals surface area contributed by atoms with Gasteiger partial charge in [-0.2, -0.15) is 0 Å². The van der Waals surface area contributed by atoms with Crippen molar-refractivity contribution in [3.05, 3.63) is 249 Å². The van der Waals surface area contributed by atoms with E-state index in [9.17, 15) is 0 Å². The van der Waals surface area contributed by atoms with Gasteiger partial charge in [0.05, 0.1) is 27.8 Å². The molecule has 3 aromatic heterocycles. The van der Waals surface area contributed by atoms with Gasteiger partial charge in [-0.05, 0) is 82.4 Å². The Labute approximate surface area is 393 Å². The molecule has 5 heteroatoms. The average Bonchev–Trinajstić information content (AvgIpc) is 3.94. The van der Waals surface area contributed by atoms with E-state index in [1.54, 1.807) is 0 Å². The summed E-state index contributed by atoms with van der Waals surface area (Å²) in [6, 6.07) is 88.2. The standard InChI is InChI=1S/C63H41N5/c1-4-17-42(18-5-1)47-35-37-59(68-57-29-14-10-25-51(57)52-26-11-15-30-58(52)68)54(40-47)44-31-33-46(34-32-44)62-64-61(45-21-8-3-9-22-45)65-63(66-62)49-23-16-24-50(39-49)67-56-28-13-12-27-53(56)55-41-48(36-38-60(55)67)43-19-6-2-7-20-43/h1-41H. The van der Waals surface area contributed by atoms with E-state index in [0.717, 1.165) is 55.8 Å². The maximum absolute atomic E-state index is 5.24. The third kappa shape index (κ3) is 6.76. The van der Waals surface area contributed by atoms with Crippen molar-refractivity contribution >= 4 is 43.6 Å². The van der Waals surface area contributed by atoms with Gasteiger partial charge in [0.2, 0.25) is 0 Å². The summed E-state index contributed by atoms with van der Waals surface area (Å²) >= 11 is 0. The van der Waals surface area contributed by atoms with Crippen LogP contribution in [0, 0.1) is 0 Å². The molecule has 0 spiro atoms. The van der Waals surface area contributed by atoms with Crippen molar-refractivity contribution in [1.82, 2.24) is 24.1 Å². The van der Waals surface area contributed by atoms with Crippen LogP contribution < -0.4 is 0 Å². The fourth-order valence-electron chi connectivity index (χ4n) is 9.95. The molecular weight excluding hydrogens is 827 g/mol. The summed E-state index contributed by atoms with van der Waals surface area (Å²) in [5.74, 6) is 1.84. The van der Waals surface area contributed by atoms with E-state index in [1.165, 1.54) is 49.3 Å². The molecule has 0 fully saturated rings. The topological polar surface area (TPSA) is 48.5 Å². The summed E-state index contributed by atoms with van der Waals surface area (Å²) < 4.78 is 4.75. The van der Waals surface area contributed by atoms with Gasteiger partial charge < -0.3 is 9.13 Å². The Morgan fingerprint density at radius 2 is 0.647 bits per heavy atom. The third-order valence-corrected chi connectivity index (χ3v) is 13.2. The molecular formula is C63H41N5. The molecule has 0 saturated carbocycles. The number of hydrogen-bond acceptors (Lipinski definition) is 3. The summed E-state index contributed by atoms with van der Waals surface area (Å²) in [5, 5.41) is 4.87. The molecule has 0 radical (unpaired) electrons. The van der Waals surface area contributed by atoms with Crippen LogP contribution in [-0.4, -0.2) is 24.1 Å². The summed E-state index contributed by atoms with van der Waals surface area (Å²) in [6.45, 7) is 0. The number of rotatable bonds is 8. The van der Waals surface area contributed by atoms with Crippen LogP contribution in [0.15, 0.2) is 249 Å². The molecule has 318 valence electrons. The lowest BCUT2D eigenvalue weighted by Gasteiger charge is -2.16. The largest absolute Gasteiger partial charge is 0.309 e. The molecule has 13 rings (SSSR count). The zero-order chi connectivity index (χ0) is 45.0. The lowest BCUT2D eigenvalue weighted by atomic mass is 9.96. The molecule has 0 aliphatic carbocycles. The summed E-state index contributed by atoms with van der Waals surface area (Å²) in [7, 11) is 0. The van der Waals surface area contributed by atoms with E-state index in [4.69, 9.17) is 15.0 Å². The third-order valence-electron chi connectivity index (χ3n) is 13.2. The first kappa shape index (κ1) is 39.2. The average molecular weight is 868 g/mol. The van der Waals surface area contributed by atoms with Gasteiger partial charge in [0.15, 0.2) is 17.5 Å². The van der Waals surface area contributed by atoms with Crippen LogP contribution in [0.2, 0.25) is 0 Å². The summed E-state index contributed by atoms with van der Waals surface area (Å²) in [6.07, 6.45) is 0. The predicted octanol–water partition coefficient (Wildman–Crippen LogP) is 16.1.